The molecule has 1 aromatic heterocycles. The minimum Gasteiger partial charge on any atom is -0.342 e. The van der Waals surface area contributed by atoms with Crippen molar-refractivity contribution in [3.05, 3.63) is 47.8 Å². The predicted molar refractivity (Wildman–Crippen MR) is 117 cm³/mol. The first-order valence-electron chi connectivity index (χ1n) is 11.1. The Balaban J connectivity index is 1.34. The summed E-state index contributed by atoms with van der Waals surface area (Å²) < 4.78 is 1.71. The van der Waals surface area contributed by atoms with Gasteiger partial charge in [0.05, 0.1) is 16.8 Å². The van der Waals surface area contributed by atoms with Crippen molar-refractivity contribution in [2.45, 2.75) is 57.3 Å². The molecule has 1 aromatic carbocycles. The average Bonchev–Trinajstić information content (AvgIpc) is 3.36. The van der Waals surface area contributed by atoms with Crippen LogP contribution < -0.4 is 5.32 Å². The van der Waals surface area contributed by atoms with Crippen LogP contribution in [-0.2, 0) is 22.1 Å². The van der Waals surface area contributed by atoms with Gasteiger partial charge in [-0.05, 0) is 44.1 Å². The zero-order valence-electron chi connectivity index (χ0n) is 18.1. The number of amides is 2. The topological polar surface area (TPSA) is 67.2 Å². The fourth-order valence-corrected chi connectivity index (χ4v) is 5.19. The molecule has 2 aromatic rings. The van der Waals surface area contributed by atoms with Crippen LogP contribution in [0.4, 0.5) is 5.69 Å². The molecule has 2 amide bonds. The summed E-state index contributed by atoms with van der Waals surface area (Å²) in [5.41, 5.74) is 2.43. The lowest BCUT2D eigenvalue weighted by Crippen LogP contribution is -2.48. The molecule has 6 heteroatoms. The minimum atomic E-state index is -0.344. The molecule has 6 nitrogen and oxygen atoms in total. The molecule has 4 rings (SSSR count). The lowest BCUT2D eigenvalue weighted by molar-refractivity contribution is -0.138. The van der Waals surface area contributed by atoms with Gasteiger partial charge in [0.25, 0.3) is 0 Å². The third-order valence-electron chi connectivity index (χ3n) is 6.86. The summed E-state index contributed by atoms with van der Waals surface area (Å²) in [4.78, 5) is 28.1. The molecule has 1 N–H and O–H groups in total. The zero-order chi connectivity index (χ0) is 21.1. The van der Waals surface area contributed by atoms with Crippen LogP contribution in [0.3, 0.4) is 0 Å². The van der Waals surface area contributed by atoms with Gasteiger partial charge in [-0.3, -0.25) is 14.3 Å². The van der Waals surface area contributed by atoms with Crippen LogP contribution in [0.1, 0.15) is 56.2 Å². The molecule has 1 saturated heterocycles. The molecule has 2 aliphatic rings. The molecule has 2 heterocycles. The van der Waals surface area contributed by atoms with Crippen molar-refractivity contribution < 1.29 is 9.59 Å². The number of hydrogen-bond acceptors (Lipinski definition) is 3. The average molecular weight is 409 g/mol. The number of carbonyl (C=O) groups is 2. The van der Waals surface area contributed by atoms with Gasteiger partial charge in [0.15, 0.2) is 0 Å². The lowest BCUT2D eigenvalue weighted by atomic mass is 9.77. The smallest absolute Gasteiger partial charge is 0.233 e. The number of aromatic nitrogens is 2. The van der Waals surface area contributed by atoms with Gasteiger partial charge >= 0.3 is 0 Å². The van der Waals surface area contributed by atoms with Crippen LogP contribution in [0, 0.1) is 12.8 Å². The van der Waals surface area contributed by atoms with Crippen molar-refractivity contribution in [1.29, 1.82) is 0 Å². The largest absolute Gasteiger partial charge is 0.342 e. The Morgan fingerprint density at radius 2 is 1.80 bits per heavy atom. The highest BCUT2D eigenvalue weighted by Gasteiger charge is 2.45. The second-order valence-electron chi connectivity index (χ2n) is 8.94. The Labute approximate surface area is 178 Å². The van der Waals surface area contributed by atoms with E-state index in [1.807, 2.05) is 38.4 Å². The first-order valence-corrected chi connectivity index (χ1v) is 11.1. The van der Waals surface area contributed by atoms with Crippen LogP contribution in [0.2, 0.25) is 0 Å². The van der Waals surface area contributed by atoms with Gasteiger partial charge < -0.3 is 10.2 Å². The molecule has 2 fully saturated rings. The maximum absolute atomic E-state index is 13.6. The highest BCUT2D eigenvalue weighted by molar-refractivity contribution is 5.91. The van der Waals surface area contributed by atoms with E-state index in [-0.39, 0.29) is 11.3 Å². The van der Waals surface area contributed by atoms with Gasteiger partial charge in [-0.1, -0.05) is 43.2 Å². The third kappa shape index (κ3) is 4.13. The molecule has 30 heavy (non-hydrogen) atoms. The van der Waals surface area contributed by atoms with Gasteiger partial charge in [0, 0.05) is 32.8 Å². The van der Waals surface area contributed by atoms with Gasteiger partial charge in [0.1, 0.15) is 0 Å². The van der Waals surface area contributed by atoms with Crippen LogP contribution >= 0.6 is 0 Å². The standard InChI is InChI=1S/C24H32N4O2/c1-18-21(17-27(2)26-18)25-22(29)16-19-10-14-28(15-11-19)23(30)24(12-6-7-13-24)20-8-4-3-5-9-20/h3-5,8-9,17,19H,6-7,10-16H2,1-2H3,(H,25,29). The highest BCUT2D eigenvalue weighted by Crippen LogP contribution is 2.43. The first kappa shape index (κ1) is 20.6. The molecule has 1 saturated carbocycles. The molecule has 1 aliphatic heterocycles. The molecule has 1 aliphatic carbocycles. The molecule has 0 atom stereocenters. The highest BCUT2D eigenvalue weighted by atomic mass is 16.2. The summed E-state index contributed by atoms with van der Waals surface area (Å²) in [7, 11) is 1.85. The minimum absolute atomic E-state index is 0.0347. The monoisotopic (exact) mass is 408 g/mol. The third-order valence-corrected chi connectivity index (χ3v) is 6.86. The molecule has 0 radical (unpaired) electrons. The Bertz CT molecular complexity index is 891. The Hall–Kier alpha value is -2.63. The van der Waals surface area contributed by atoms with Crippen molar-refractivity contribution in [2.75, 3.05) is 18.4 Å². The number of carbonyl (C=O) groups excluding carboxylic acids is 2. The summed E-state index contributed by atoms with van der Waals surface area (Å²) in [6.45, 7) is 3.39. The first-order chi connectivity index (χ1) is 14.5. The van der Waals surface area contributed by atoms with E-state index in [0.717, 1.165) is 63.0 Å². The number of likely N-dealkylation sites (tertiary alicyclic amines) is 1. The predicted octanol–water partition coefficient (Wildman–Crippen LogP) is 3.81. The SMILES string of the molecule is Cc1nn(C)cc1NC(=O)CC1CCN(C(=O)C2(c3ccccc3)CCCC2)CC1. The van der Waals surface area contributed by atoms with Crippen LogP contribution in [0.15, 0.2) is 36.5 Å². The second-order valence-corrected chi connectivity index (χ2v) is 8.94. The van der Waals surface area contributed by atoms with E-state index in [1.54, 1.807) is 4.68 Å². The Morgan fingerprint density at radius 1 is 1.13 bits per heavy atom. The van der Waals surface area contributed by atoms with Crippen molar-refractivity contribution >= 4 is 17.5 Å². The quantitative estimate of drug-likeness (QED) is 0.818. The lowest BCUT2D eigenvalue weighted by Gasteiger charge is -2.38. The van der Waals surface area contributed by atoms with E-state index < -0.39 is 0 Å². The van der Waals surface area contributed by atoms with E-state index in [1.165, 1.54) is 5.56 Å². The number of rotatable bonds is 5. The van der Waals surface area contributed by atoms with Crippen LogP contribution in [0.5, 0.6) is 0 Å². The van der Waals surface area contributed by atoms with Gasteiger partial charge in [0.2, 0.25) is 11.8 Å². The number of hydrogen-bond donors (Lipinski definition) is 1. The Kier molecular flexibility index (Phi) is 5.93. The molecule has 160 valence electrons. The number of nitrogens with zero attached hydrogens (tertiary/aromatic N) is 3. The number of benzene rings is 1. The van der Waals surface area contributed by atoms with E-state index in [4.69, 9.17) is 0 Å². The zero-order valence-corrected chi connectivity index (χ0v) is 18.1. The molecular formula is C24H32N4O2. The van der Waals surface area contributed by atoms with E-state index >= 15 is 0 Å². The normalized spacial score (nSPS) is 19.1. The maximum atomic E-state index is 13.6. The molecule has 0 spiro atoms. The van der Waals surface area contributed by atoms with Crippen LogP contribution in [-0.4, -0.2) is 39.6 Å². The summed E-state index contributed by atoms with van der Waals surface area (Å²) in [6.07, 6.45) is 8.23. The second kappa shape index (κ2) is 8.62. The summed E-state index contributed by atoms with van der Waals surface area (Å²) in [5.74, 6) is 0.648. The number of anilines is 1. The van der Waals surface area contributed by atoms with Crippen LogP contribution in [0.25, 0.3) is 0 Å². The van der Waals surface area contributed by atoms with Crippen molar-refractivity contribution in [3.63, 3.8) is 0 Å². The molecular weight excluding hydrogens is 376 g/mol. The summed E-state index contributed by atoms with van der Waals surface area (Å²) >= 11 is 0. The number of aryl methyl sites for hydroxylation is 2. The summed E-state index contributed by atoms with van der Waals surface area (Å²) in [5, 5.41) is 7.25. The molecule has 0 unspecified atom stereocenters. The fraction of sp³-hybridized carbons (Fsp3) is 0.542. The van der Waals surface area contributed by atoms with Gasteiger partial charge in [-0.15, -0.1) is 0 Å². The fourth-order valence-electron chi connectivity index (χ4n) is 5.19. The maximum Gasteiger partial charge on any atom is 0.233 e. The van der Waals surface area contributed by atoms with Crippen molar-refractivity contribution in [2.24, 2.45) is 13.0 Å². The van der Waals surface area contributed by atoms with Gasteiger partial charge in [-0.25, -0.2) is 0 Å². The number of piperidine rings is 1. The van der Waals surface area contributed by atoms with E-state index in [0.29, 0.717) is 18.2 Å². The Morgan fingerprint density at radius 3 is 2.40 bits per heavy atom. The van der Waals surface area contributed by atoms with Crippen molar-refractivity contribution in [1.82, 2.24) is 14.7 Å². The molecule has 0 bridgehead atoms. The number of nitrogens with one attached hydrogen (secondary N) is 1. The van der Waals surface area contributed by atoms with Crippen molar-refractivity contribution in [3.8, 4) is 0 Å². The van der Waals surface area contributed by atoms with E-state index in [2.05, 4.69) is 27.4 Å². The summed E-state index contributed by atoms with van der Waals surface area (Å²) in [6, 6.07) is 10.3. The van der Waals surface area contributed by atoms with E-state index in [9.17, 15) is 9.59 Å². The van der Waals surface area contributed by atoms with Gasteiger partial charge in [-0.2, -0.15) is 5.10 Å².